The Morgan fingerprint density at radius 3 is 2.76 bits per heavy atom. The first-order valence-electron chi connectivity index (χ1n) is 6.47. The zero-order valence-electron chi connectivity index (χ0n) is 11.6. The summed E-state index contributed by atoms with van der Waals surface area (Å²) in [7, 11) is 1.60. The molecule has 21 heavy (non-hydrogen) atoms. The number of carbonyl (C=O) groups excluding carboxylic acids is 1. The molecule has 3 rings (SSSR count). The Bertz CT molecular complexity index is 763. The van der Waals surface area contributed by atoms with Gasteiger partial charge in [-0.25, -0.2) is 0 Å². The lowest BCUT2D eigenvalue weighted by Crippen LogP contribution is -1.97. The highest BCUT2D eigenvalue weighted by Gasteiger charge is 2.29. The summed E-state index contributed by atoms with van der Waals surface area (Å²) in [6.07, 6.45) is 1.75. The molecule has 3 nitrogen and oxygen atoms in total. The number of halogens is 1. The number of hydrogen-bond acceptors (Lipinski definition) is 3. The summed E-state index contributed by atoms with van der Waals surface area (Å²) in [6, 6.07) is 11.2. The fourth-order valence-electron chi connectivity index (χ4n) is 2.34. The van der Waals surface area contributed by atoms with Gasteiger partial charge in [0.15, 0.2) is 5.76 Å². The fourth-order valence-corrected chi connectivity index (χ4v) is 2.75. The monoisotopic (exact) mass is 344 g/mol. The summed E-state index contributed by atoms with van der Waals surface area (Å²) in [4.78, 5) is 12.4. The first-order chi connectivity index (χ1) is 10.1. The third kappa shape index (κ3) is 2.47. The van der Waals surface area contributed by atoms with Gasteiger partial charge in [0.1, 0.15) is 11.5 Å². The predicted octanol–water partition coefficient (Wildman–Crippen LogP) is 4.38. The van der Waals surface area contributed by atoms with Gasteiger partial charge in [0.05, 0.1) is 12.7 Å². The van der Waals surface area contributed by atoms with Crippen LogP contribution in [0.4, 0.5) is 0 Å². The van der Waals surface area contributed by atoms with E-state index < -0.39 is 0 Å². The van der Waals surface area contributed by atoms with Gasteiger partial charge in [0.2, 0.25) is 5.78 Å². The second kappa shape index (κ2) is 5.37. The van der Waals surface area contributed by atoms with Crippen LogP contribution in [-0.4, -0.2) is 12.9 Å². The summed E-state index contributed by atoms with van der Waals surface area (Å²) >= 11 is 3.41. The van der Waals surface area contributed by atoms with Crippen molar-refractivity contribution in [1.29, 1.82) is 0 Å². The molecule has 2 aromatic carbocycles. The standard InChI is InChI=1S/C17H13BrO3/c1-10-14(20-2)7-6-13-16(19)15(21-17(10)13)9-11-4-3-5-12(18)8-11/h3-9H,1-2H3/b15-9-. The normalized spacial score (nSPS) is 15.0. The Kier molecular flexibility index (Phi) is 3.55. The molecule has 1 aliphatic rings. The van der Waals surface area contributed by atoms with E-state index in [2.05, 4.69) is 15.9 Å². The quantitative estimate of drug-likeness (QED) is 0.758. The Labute approximate surface area is 131 Å². The van der Waals surface area contributed by atoms with Crippen molar-refractivity contribution in [2.75, 3.05) is 7.11 Å². The molecule has 1 aliphatic heterocycles. The molecule has 0 spiro atoms. The van der Waals surface area contributed by atoms with E-state index in [9.17, 15) is 4.79 Å². The maximum atomic E-state index is 12.4. The molecule has 0 radical (unpaired) electrons. The molecule has 0 fully saturated rings. The first-order valence-corrected chi connectivity index (χ1v) is 7.27. The van der Waals surface area contributed by atoms with Gasteiger partial charge in [-0.3, -0.25) is 4.79 Å². The van der Waals surface area contributed by atoms with Crippen LogP contribution >= 0.6 is 15.9 Å². The van der Waals surface area contributed by atoms with Gasteiger partial charge < -0.3 is 9.47 Å². The van der Waals surface area contributed by atoms with Crippen molar-refractivity contribution in [2.24, 2.45) is 0 Å². The molecule has 4 heteroatoms. The van der Waals surface area contributed by atoms with Crippen molar-refractivity contribution >= 4 is 27.8 Å². The summed E-state index contributed by atoms with van der Waals surface area (Å²) in [6.45, 7) is 1.88. The van der Waals surface area contributed by atoms with Crippen LogP contribution in [0.2, 0.25) is 0 Å². The largest absolute Gasteiger partial charge is 0.496 e. The fraction of sp³-hybridized carbons (Fsp3) is 0.118. The minimum Gasteiger partial charge on any atom is -0.496 e. The van der Waals surface area contributed by atoms with Crippen LogP contribution in [0.1, 0.15) is 21.5 Å². The van der Waals surface area contributed by atoms with Crippen molar-refractivity contribution < 1.29 is 14.3 Å². The van der Waals surface area contributed by atoms with Gasteiger partial charge in [-0.15, -0.1) is 0 Å². The van der Waals surface area contributed by atoms with Crippen LogP contribution in [-0.2, 0) is 0 Å². The molecule has 0 bridgehead atoms. The van der Waals surface area contributed by atoms with E-state index in [4.69, 9.17) is 9.47 Å². The van der Waals surface area contributed by atoms with Crippen LogP contribution in [0.3, 0.4) is 0 Å². The second-order valence-electron chi connectivity index (χ2n) is 4.76. The molecule has 1 heterocycles. The number of ketones is 1. The number of hydrogen-bond donors (Lipinski definition) is 0. The van der Waals surface area contributed by atoms with E-state index >= 15 is 0 Å². The highest BCUT2D eigenvalue weighted by molar-refractivity contribution is 9.10. The number of carbonyl (C=O) groups is 1. The third-order valence-electron chi connectivity index (χ3n) is 3.40. The summed E-state index contributed by atoms with van der Waals surface area (Å²) in [5.74, 6) is 1.53. The third-order valence-corrected chi connectivity index (χ3v) is 3.90. The topological polar surface area (TPSA) is 35.5 Å². The number of rotatable bonds is 2. The van der Waals surface area contributed by atoms with Crippen molar-refractivity contribution in [3.63, 3.8) is 0 Å². The number of ether oxygens (including phenoxy) is 2. The average Bonchev–Trinajstić information content (AvgIpc) is 2.77. The van der Waals surface area contributed by atoms with Gasteiger partial charge in [0.25, 0.3) is 0 Å². The Balaban J connectivity index is 2.02. The lowest BCUT2D eigenvalue weighted by atomic mass is 10.1. The van der Waals surface area contributed by atoms with Gasteiger partial charge in [-0.05, 0) is 42.8 Å². The lowest BCUT2D eigenvalue weighted by Gasteiger charge is -2.07. The predicted molar refractivity (Wildman–Crippen MR) is 84.8 cm³/mol. The summed E-state index contributed by atoms with van der Waals surface area (Å²) in [5.41, 5.74) is 2.32. The smallest absolute Gasteiger partial charge is 0.231 e. The van der Waals surface area contributed by atoms with Gasteiger partial charge in [-0.2, -0.15) is 0 Å². The van der Waals surface area contributed by atoms with E-state index in [1.165, 1.54) is 0 Å². The Hall–Kier alpha value is -2.07. The minimum absolute atomic E-state index is 0.101. The first kappa shape index (κ1) is 13.9. The summed E-state index contributed by atoms with van der Waals surface area (Å²) in [5, 5.41) is 0. The number of benzene rings is 2. The van der Waals surface area contributed by atoms with Crippen molar-refractivity contribution in [2.45, 2.75) is 6.92 Å². The van der Waals surface area contributed by atoms with Crippen LogP contribution < -0.4 is 9.47 Å². The van der Waals surface area contributed by atoms with Crippen LogP contribution in [0.15, 0.2) is 46.6 Å². The Morgan fingerprint density at radius 2 is 2.05 bits per heavy atom. The van der Waals surface area contributed by atoms with E-state index in [0.717, 1.165) is 15.6 Å². The van der Waals surface area contributed by atoms with Crippen LogP contribution in [0.25, 0.3) is 6.08 Å². The number of methoxy groups -OCH3 is 1. The zero-order chi connectivity index (χ0) is 15.0. The van der Waals surface area contributed by atoms with E-state index in [1.54, 1.807) is 25.3 Å². The highest BCUT2D eigenvalue weighted by Crippen LogP contribution is 2.39. The molecule has 0 N–H and O–H groups in total. The van der Waals surface area contributed by atoms with E-state index in [-0.39, 0.29) is 5.78 Å². The zero-order valence-corrected chi connectivity index (χ0v) is 13.2. The van der Waals surface area contributed by atoms with Gasteiger partial charge >= 0.3 is 0 Å². The van der Waals surface area contributed by atoms with Crippen molar-refractivity contribution in [3.8, 4) is 11.5 Å². The molecule has 0 aromatic heterocycles. The maximum Gasteiger partial charge on any atom is 0.231 e. The minimum atomic E-state index is -0.101. The molecule has 0 amide bonds. The molecule has 0 atom stereocenters. The van der Waals surface area contributed by atoms with Crippen LogP contribution in [0, 0.1) is 6.92 Å². The van der Waals surface area contributed by atoms with Gasteiger partial charge in [0, 0.05) is 10.0 Å². The highest BCUT2D eigenvalue weighted by atomic mass is 79.9. The molecular weight excluding hydrogens is 332 g/mol. The molecular formula is C17H13BrO3. The molecule has 0 unspecified atom stereocenters. The Morgan fingerprint density at radius 1 is 1.24 bits per heavy atom. The van der Waals surface area contributed by atoms with Crippen LogP contribution in [0.5, 0.6) is 11.5 Å². The number of allylic oxidation sites excluding steroid dienone is 1. The second-order valence-corrected chi connectivity index (χ2v) is 5.68. The van der Waals surface area contributed by atoms with Crippen molar-refractivity contribution in [1.82, 2.24) is 0 Å². The number of Topliss-reactive ketones (excluding diaryl/α,β-unsaturated/α-hetero) is 1. The van der Waals surface area contributed by atoms with E-state index in [1.807, 2.05) is 31.2 Å². The van der Waals surface area contributed by atoms with E-state index in [0.29, 0.717) is 22.8 Å². The van der Waals surface area contributed by atoms with Gasteiger partial charge in [-0.1, -0.05) is 28.1 Å². The molecule has 0 aliphatic carbocycles. The molecule has 0 saturated heterocycles. The lowest BCUT2D eigenvalue weighted by molar-refractivity contribution is 0.101. The summed E-state index contributed by atoms with van der Waals surface area (Å²) < 4.78 is 12.0. The average molecular weight is 345 g/mol. The molecule has 0 saturated carbocycles. The molecule has 2 aromatic rings. The maximum absolute atomic E-state index is 12.4. The SMILES string of the molecule is COc1ccc2c(c1C)O/C(=C\c1cccc(Br)c1)C2=O. The molecule has 106 valence electrons. The number of fused-ring (bicyclic) bond motifs is 1. The van der Waals surface area contributed by atoms with Crippen molar-refractivity contribution in [3.05, 3.63) is 63.3 Å².